The monoisotopic (exact) mass is 412 g/mol. The van der Waals surface area contributed by atoms with Crippen molar-refractivity contribution in [3.63, 3.8) is 0 Å². The third-order valence-corrected chi connectivity index (χ3v) is 10.3. The smallest absolute Gasteiger partial charge is 0.251 e. The van der Waals surface area contributed by atoms with Crippen molar-refractivity contribution in [3.05, 3.63) is 60.7 Å². The van der Waals surface area contributed by atoms with Crippen LogP contribution < -0.4 is 10.6 Å². The molecule has 0 saturated carbocycles. The molecular formula is C22H25N2O2PS. The minimum atomic E-state index is -1.96. The van der Waals surface area contributed by atoms with Gasteiger partial charge in [0.1, 0.15) is 6.61 Å². The van der Waals surface area contributed by atoms with Crippen molar-refractivity contribution >= 4 is 40.3 Å². The molecule has 2 aliphatic rings. The molecule has 0 radical (unpaired) electrons. The predicted octanol–water partition coefficient (Wildman–Crippen LogP) is 2.93. The van der Waals surface area contributed by atoms with E-state index < -0.39 is 6.04 Å². The Morgan fingerprint density at radius 1 is 1.04 bits per heavy atom. The summed E-state index contributed by atoms with van der Waals surface area (Å²) < 4.78 is 5.79. The van der Waals surface area contributed by atoms with Gasteiger partial charge >= 0.3 is 0 Å². The number of likely N-dealkylation sites (tertiary alicyclic amines) is 1. The first kappa shape index (κ1) is 19.4. The SMILES string of the molecule is O=C([C@@H]1COC(CCP(=S)(c2ccccc2)c2ccccc2)=N1)N1CCCC1. The number of rotatable bonds is 6. The second kappa shape index (κ2) is 8.59. The average Bonchev–Trinajstić information content (AvgIpc) is 3.45. The van der Waals surface area contributed by atoms with Gasteiger partial charge in [-0.05, 0) is 29.6 Å². The Kier molecular flexibility index (Phi) is 5.93. The topological polar surface area (TPSA) is 41.9 Å². The maximum absolute atomic E-state index is 12.6. The molecule has 2 aliphatic heterocycles. The molecule has 0 N–H and O–H groups in total. The maximum Gasteiger partial charge on any atom is 0.251 e. The van der Waals surface area contributed by atoms with Crippen LogP contribution in [-0.4, -0.2) is 48.6 Å². The fourth-order valence-electron chi connectivity index (χ4n) is 3.83. The van der Waals surface area contributed by atoms with E-state index in [-0.39, 0.29) is 11.9 Å². The van der Waals surface area contributed by atoms with Crippen molar-refractivity contribution in [1.29, 1.82) is 0 Å². The van der Waals surface area contributed by atoms with Gasteiger partial charge in [0.25, 0.3) is 5.91 Å². The van der Waals surface area contributed by atoms with Crippen LogP contribution in [0.1, 0.15) is 19.3 Å². The van der Waals surface area contributed by atoms with Gasteiger partial charge in [-0.1, -0.05) is 72.5 Å². The van der Waals surface area contributed by atoms with Crippen molar-refractivity contribution in [2.45, 2.75) is 25.3 Å². The molecule has 1 atom stereocenters. The number of carbonyl (C=O) groups excluding carboxylic acids is 1. The van der Waals surface area contributed by atoms with E-state index >= 15 is 0 Å². The lowest BCUT2D eigenvalue weighted by Crippen LogP contribution is -2.36. The molecule has 0 aliphatic carbocycles. The second-order valence-electron chi connectivity index (χ2n) is 7.27. The molecular weight excluding hydrogens is 387 g/mol. The highest BCUT2D eigenvalue weighted by Gasteiger charge is 2.32. The molecule has 2 aromatic carbocycles. The van der Waals surface area contributed by atoms with E-state index in [1.165, 1.54) is 10.6 Å². The normalized spacial score (nSPS) is 19.4. The van der Waals surface area contributed by atoms with Crippen LogP contribution in [0.4, 0.5) is 0 Å². The minimum Gasteiger partial charge on any atom is -0.478 e. The molecule has 0 aromatic heterocycles. The summed E-state index contributed by atoms with van der Waals surface area (Å²) in [6.07, 6.45) is 3.66. The zero-order chi connectivity index (χ0) is 19.4. The molecule has 1 fully saturated rings. The Morgan fingerprint density at radius 2 is 1.61 bits per heavy atom. The fraction of sp³-hybridized carbons (Fsp3) is 0.364. The van der Waals surface area contributed by atoms with Crippen molar-refractivity contribution < 1.29 is 9.53 Å². The first-order valence-electron chi connectivity index (χ1n) is 9.85. The Labute approximate surface area is 171 Å². The molecule has 0 bridgehead atoms. The summed E-state index contributed by atoms with van der Waals surface area (Å²) in [4.78, 5) is 19.1. The summed E-state index contributed by atoms with van der Waals surface area (Å²) in [5.41, 5.74) is 0. The highest BCUT2D eigenvalue weighted by atomic mass is 32.4. The number of hydrogen-bond acceptors (Lipinski definition) is 4. The van der Waals surface area contributed by atoms with Crippen LogP contribution in [0.2, 0.25) is 0 Å². The van der Waals surface area contributed by atoms with Gasteiger partial charge < -0.3 is 9.64 Å². The Bertz CT molecular complexity index is 852. The summed E-state index contributed by atoms with van der Waals surface area (Å²) in [7, 11) is 0. The lowest BCUT2D eigenvalue weighted by molar-refractivity contribution is -0.131. The van der Waals surface area contributed by atoms with Gasteiger partial charge in [0.15, 0.2) is 11.9 Å². The lowest BCUT2D eigenvalue weighted by Gasteiger charge is -2.23. The molecule has 0 unspecified atom stereocenters. The standard InChI is InChI=1S/C22H25N2O2PS/c25-22(24-14-7-8-15-24)20-17-26-21(23-20)13-16-27(28,18-9-3-1-4-10-18)19-11-5-2-6-12-19/h1-6,9-12,20H,7-8,13-17H2/t20-/m0/s1. The zero-order valence-corrected chi connectivity index (χ0v) is 17.6. The van der Waals surface area contributed by atoms with Crippen molar-refractivity contribution in [1.82, 2.24) is 4.90 Å². The highest BCUT2D eigenvalue weighted by molar-refractivity contribution is 8.21. The number of ether oxygens (including phenoxy) is 1. The van der Waals surface area contributed by atoms with Crippen molar-refractivity contribution in [3.8, 4) is 0 Å². The minimum absolute atomic E-state index is 0.109. The Balaban J connectivity index is 1.50. The third kappa shape index (κ3) is 4.06. The van der Waals surface area contributed by atoms with Gasteiger partial charge in [-0.25, -0.2) is 4.99 Å². The van der Waals surface area contributed by atoms with Crippen LogP contribution >= 0.6 is 6.04 Å². The quantitative estimate of drug-likeness (QED) is 0.685. The zero-order valence-electron chi connectivity index (χ0n) is 15.9. The second-order valence-corrected chi connectivity index (χ2v) is 12.1. The van der Waals surface area contributed by atoms with E-state index in [9.17, 15) is 4.79 Å². The molecule has 2 aromatic rings. The molecule has 6 heteroatoms. The summed E-state index contributed by atoms with van der Waals surface area (Å²) >= 11 is 6.26. The number of aliphatic imine (C=N–C) groups is 1. The van der Waals surface area contributed by atoms with Crippen LogP contribution in [0.15, 0.2) is 65.7 Å². The van der Waals surface area contributed by atoms with E-state index in [1.54, 1.807) is 0 Å². The Morgan fingerprint density at radius 3 is 2.18 bits per heavy atom. The first-order valence-corrected chi connectivity index (χ1v) is 12.8. The number of benzene rings is 2. The van der Waals surface area contributed by atoms with E-state index in [0.717, 1.165) is 32.1 Å². The van der Waals surface area contributed by atoms with Crippen molar-refractivity contribution in [2.75, 3.05) is 25.9 Å². The van der Waals surface area contributed by atoms with Crippen LogP contribution in [0.5, 0.6) is 0 Å². The molecule has 1 saturated heterocycles. The van der Waals surface area contributed by atoms with Crippen LogP contribution in [0.25, 0.3) is 0 Å². The molecule has 4 nitrogen and oxygen atoms in total. The van der Waals surface area contributed by atoms with E-state index in [1.807, 2.05) is 41.3 Å². The Hall–Kier alpha value is -1.97. The average molecular weight is 412 g/mol. The molecule has 4 rings (SSSR count). The highest BCUT2D eigenvalue weighted by Crippen LogP contribution is 2.44. The molecule has 1 amide bonds. The molecule has 2 heterocycles. The number of carbonyl (C=O) groups is 1. The summed E-state index contributed by atoms with van der Waals surface area (Å²) in [5, 5.41) is 2.42. The summed E-state index contributed by atoms with van der Waals surface area (Å²) in [6, 6.07) is 18.4. The molecule has 146 valence electrons. The van der Waals surface area contributed by atoms with E-state index in [4.69, 9.17) is 16.5 Å². The van der Waals surface area contributed by atoms with Crippen LogP contribution in [0, 0.1) is 0 Å². The first-order chi connectivity index (χ1) is 13.7. The maximum atomic E-state index is 12.6. The number of hydrogen-bond donors (Lipinski definition) is 0. The fourth-order valence-corrected chi connectivity index (χ4v) is 7.47. The van der Waals surface area contributed by atoms with Gasteiger partial charge in [0.2, 0.25) is 0 Å². The third-order valence-electron chi connectivity index (χ3n) is 5.40. The van der Waals surface area contributed by atoms with Gasteiger partial charge in [-0.2, -0.15) is 0 Å². The van der Waals surface area contributed by atoms with Crippen LogP contribution in [0.3, 0.4) is 0 Å². The van der Waals surface area contributed by atoms with Gasteiger partial charge in [-0.3, -0.25) is 4.79 Å². The van der Waals surface area contributed by atoms with E-state index in [2.05, 4.69) is 29.3 Å². The summed E-state index contributed by atoms with van der Waals surface area (Å²) in [5.74, 6) is 0.789. The molecule has 0 spiro atoms. The van der Waals surface area contributed by atoms with Crippen LogP contribution in [-0.2, 0) is 21.3 Å². The number of nitrogens with zero attached hydrogens (tertiary/aromatic N) is 2. The van der Waals surface area contributed by atoms with Gasteiger partial charge in [0, 0.05) is 25.5 Å². The number of amides is 1. The predicted molar refractivity (Wildman–Crippen MR) is 119 cm³/mol. The summed E-state index contributed by atoms with van der Waals surface area (Å²) in [6.45, 7) is 2.07. The largest absolute Gasteiger partial charge is 0.478 e. The van der Waals surface area contributed by atoms with Crippen molar-refractivity contribution in [2.24, 2.45) is 4.99 Å². The van der Waals surface area contributed by atoms with Gasteiger partial charge in [-0.15, -0.1) is 0 Å². The lowest BCUT2D eigenvalue weighted by atomic mass is 10.3. The van der Waals surface area contributed by atoms with E-state index in [0.29, 0.717) is 18.9 Å². The molecule has 28 heavy (non-hydrogen) atoms. The van der Waals surface area contributed by atoms with Gasteiger partial charge in [0.05, 0.1) is 0 Å².